The molecule has 0 unspecified atom stereocenters. The highest BCUT2D eigenvalue weighted by atomic mass is 19.3. The molecule has 2 aliphatic rings. The maximum atomic E-state index is 14.8. The zero-order chi connectivity index (χ0) is 31.7. The summed E-state index contributed by atoms with van der Waals surface area (Å²) in [4.78, 5) is 48.9. The van der Waals surface area contributed by atoms with E-state index in [9.17, 15) is 48.4 Å². The average Bonchev–Trinajstić information content (AvgIpc) is 3.33. The molecule has 0 bridgehead atoms. The second kappa shape index (κ2) is 15.8. The van der Waals surface area contributed by atoms with Gasteiger partial charge in [-0.1, -0.05) is 26.2 Å². The van der Waals surface area contributed by atoms with Gasteiger partial charge in [0.05, 0.1) is 19.3 Å². The SMILES string of the molecule is CCCCCCOC(=O)[C@H](C)NC(=O)[C@H]1NC(=O)[C@H](CCCCNC(=O)C(F)(F)[C@]2(O)O[C@H](CO)[C@H](O)[C@H](O)[C@H]2O)N1. The van der Waals surface area contributed by atoms with E-state index in [1.54, 1.807) is 0 Å². The van der Waals surface area contributed by atoms with Gasteiger partial charge in [0.25, 0.3) is 17.6 Å². The van der Waals surface area contributed by atoms with E-state index in [1.807, 2.05) is 5.32 Å². The summed E-state index contributed by atoms with van der Waals surface area (Å²) in [6.07, 6.45) is -5.95. The molecule has 0 aromatic rings. The second-order valence-electron chi connectivity index (χ2n) is 10.4. The third-order valence-corrected chi connectivity index (χ3v) is 7.09. The maximum absolute atomic E-state index is 14.8. The fraction of sp³-hybridized carbons (Fsp3) is 0.840. The van der Waals surface area contributed by atoms with E-state index in [4.69, 9.17) is 9.84 Å². The molecule has 2 saturated heterocycles. The molecule has 0 aliphatic carbocycles. The van der Waals surface area contributed by atoms with E-state index in [-0.39, 0.29) is 32.4 Å². The number of carbonyl (C=O) groups excluding carboxylic acids is 4. The Hall–Kier alpha value is -2.54. The Balaban J connectivity index is 1.75. The Morgan fingerprint density at radius 2 is 1.81 bits per heavy atom. The molecule has 42 heavy (non-hydrogen) atoms. The van der Waals surface area contributed by atoms with Crippen LogP contribution in [0.3, 0.4) is 0 Å². The van der Waals surface area contributed by atoms with Gasteiger partial charge in [-0.2, -0.15) is 8.78 Å². The van der Waals surface area contributed by atoms with Crippen LogP contribution in [0.4, 0.5) is 8.78 Å². The molecule has 0 aromatic carbocycles. The Morgan fingerprint density at radius 1 is 1.12 bits per heavy atom. The lowest BCUT2D eigenvalue weighted by Gasteiger charge is -2.47. The second-order valence-corrected chi connectivity index (χ2v) is 10.4. The standard InChI is InChI=1S/C25H42F2N4O11/c1-3-4-5-8-11-41-22(38)13(2)29-21(37)19-30-14(20(36)31-19)9-6-7-10-28-23(39)24(26,27)25(40)18(35)17(34)16(33)15(12-32)42-25/h13-19,30,32-35,40H,3-12H2,1-2H3,(H,28,39)(H,29,37)(H,31,36)/t13-,14-,15+,16-,17-,18+,19+,25+/m0/s1. The molecule has 0 radical (unpaired) electrons. The third-order valence-electron chi connectivity index (χ3n) is 7.09. The van der Waals surface area contributed by atoms with Crippen molar-refractivity contribution in [1.29, 1.82) is 0 Å². The van der Waals surface area contributed by atoms with Crippen LogP contribution in [0, 0.1) is 0 Å². The number of hydrogen-bond acceptors (Lipinski definition) is 12. The predicted molar refractivity (Wildman–Crippen MR) is 138 cm³/mol. The largest absolute Gasteiger partial charge is 0.464 e. The number of rotatable bonds is 16. The maximum Gasteiger partial charge on any atom is 0.379 e. The molecule has 15 nitrogen and oxygen atoms in total. The van der Waals surface area contributed by atoms with E-state index in [0.29, 0.717) is 6.42 Å². The zero-order valence-corrected chi connectivity index (χ0v) is 23.6. The number of aliphatic hydroxyl groups is 5. The quantitative estimate of drug-likeness (QED) is 0.0631. The Kier molecular flexibility index (Phi) is 13.4. The van der Waals surface area contributed by atoms with Gasteiger partial charge in [-0.05, 0) is 32.6 Å². The van der Waals surface area contributed by atoms with Gasteiger partial charge in [0.15, 0.2) is 6.17 Å². The fourth-order valence-corrected chi connectivity index (χ4v) is 4.46. The Labute approximate surface area is 241 Å². The van der Waals surface area contributed by atoms with Gasteiger partial charge in [-0.15, -0.1) is 0 Å². The number of alkyl halides is 2. The van der Waals surface area contributed by atoms with Gasteiger partial charge in [-0.25, -0.2) is 4.79 Å². The van der Waals surface area contributed by atoms with Gasteiger partial charge in [0.1, 0.15) is 30.5 Å². The van der Waals surface area contributed by atoms with Crippen LogP contribution in [0.15, 0.2) is 0 Å². The lowest BCUT2D eigenvalue weighted by Crippen LogP contribution is -2.73. The van der Waals surface area contributed by atoms with Crippen molar-refractivity contribution in [3.05, 3.63) is 0 Å². The molecule has 3 amide bonds. The minimum absolute atomic E-state index is 0.0910. The highest BCUT2D eigenvalue weighted by molar-refractivity contribution is 5.94. The lowest BCUT2D eigenvalue weighted by molar-refractivity contribution is -0.401. The molecule has 0 saturated carbocycles. The summed E-state index contributed by atoms with van der Waals surface area (Å²) in [5.74, 6) is -12.5. The summed E-state index contributed by atoms with van der Waals surface area (Å²) in [5.41, 5.74) is 0. The zero-order valence-electron chi connectivity index (χ0n) is 23.6. The highest BCUT2D eigenvalue weighted by Gasteiger charge is 2.69. The van der Waals surface area contributed by atoms with Crippen molar-refractivity contribution >= 4 is 23.7 Å². The smallest absolute Gasteiger partial charge is 0.379 e. The minimum atomic E-state index is -4.80. The summed E-state index contributed by atoms with van der Waals surface area (Å²) in [7, 11) is 0. The molecule has 2 fully saturated rings. The molecular formula is C25H42F2N4O11. The molecule has 2 aliphatic heterocycles. The number of halogens is 2. The van der Waals surface area contributed by atoms with Gasteiger partial charge < -0.3 is 51.0 Å². The first-order valence-electron chi connectivity index (χ1n) is 14.0. The van der Waals surface area contributed by atoms with Crippen LogP contribution in [-0.2, 0) is 28.7 Å². The summed E-state index contributed by atoms with van der Waals surface area (Å²) in [6, 6.07) is -1.75. The topological polar surface area (TPSA) is 236 Å². The van der Waals surface area contributed by atoms with Crippen LogP contribution in [-0.4, -0.2) is 123 Å². The minimum Gasteiger partial charge on any atom is -0.464 e. The predicted octanol–water partition coefficient (Wildman–Crippen LogP) is -2.89. The van der Waals surface area contributed by atoms with E-state index in [0.717, 1.165) is 19.3 Å². The number of unbranched alkanes of at least 4 members (excludes halogenated alkanes) is 4. The molecular weight excluding hydrogens is 570 g/mol. The van der Waals surface area contributed by atoms with Crippen LogP contribution in [0.2, 0.25) is 0 Å². The van der Waals surface area contributed by atoms with E-state index < -0.39 is 84.7 Å². The molecule has 8 atom stereocenters. The normalized spacial score (nSPS) is 30.4. The number of esters is 1. The van der Waals surface area contributed by atoms with Gasteiger partial charge in [-0.3, -0.25) is 19.7 Å². The van der Waals surface area contributed by atoms with Crippen molar-refractivity contribution in [3.63, 3.8) is 0 Å². The lowest BCUT2D eigenvalue weighted by atomic mass is 9.88. The van der Waals surface area contributed by atoms with E-state index >= 15 is 0 Å². The summed E-state index contributed by atoms with van der Waals surface area (Å²) >= 11 is 0. The molecule has 0 spiro atoms. The van der Waals surface area contributed by atoms with Crippen LogP contribution in [0.1, 0.15) is 58.8 Å². The van der Waals surface area contributed by atoms with Crippen molar-refractivity contribution in [2.24, 2.45) is 0 Å². The van der Waals surface area contributed by atoms with E-state index in [2.05, 4.69) is 27.6 Å². The summed E-state index contributed by atoms with van der Waals surface area (Å²) in [6.45, 7) is 2.31. The van der Waals surface area contributed by atoms with Crippen LogP contribution < -0.4 is 21.3 Å². The number of amides is 3. The highest BCUT2D eigenvalue weighted by Crippen LogP contribution is 2.40. The van der Waals surface area contributed by atoms with Crippen molar-refractivity contribution in [2.75, 3.05) is 19.8 Å². The van der Waals surface area contributed by atoms with Crippen molar-refractivity contribution in [3.8, 4) is 0 Å². The van der Waals surface area contributed by atoms with E-state index in [1.165, 1.54) is 6.92 Å². The fourth-order valence-electron chi connectivity index (χ4n) is 4.46. The Morgan fingerprint density at radius 3 is 2.45 bits per heavy atom. The van der Waals surface area contributed by atoms with Gasteiger partial charge in [0.2, 0.25) is 5.91 Å². The number of carbonyl (C=O) groups is 4. The van der Waals surface area contributed by atoms with Crippen molar-refractivity contribution < 1.29 is 63.0 Å². The Bertz CT molecular complexity index is 944. The van der Waals surface area contributed by atoms with Crippen LogP contribution in [0.5, 0.6) is 0 Å². The first-order valence-corrected chi connectivity index (χ1v) is 14.0. The monoisotopic (exact) mass is 612 g/mol. The van der Waals surface area contributed by atoms with Gasteiger partial charge >= 0.3 is 11.9 Å². The summed E-state index contributed by atoms with van der Waals surface area (Å²) in [5, 5.41) is 58.3. The molecule has 2 heterocycles. The number of ether oxygens (including phenoxy) is 2. The molecule has 242 valence electrons. The van der Waals surface area contributed by atoms with Crippen LogP contribution >= 0.6 is 0 Å². The average molecular weight is 613 g/mol. The number of aliphatic hydroxyl groups excluding tert-OH is 4. The molecule has 17 heteroatoms. The molecule has 9 N–H and O–H groups in total. The molecule has 0 aromatic heterocycles. The first-order chi connectivity index (χ1) is 19.7. The van der Waals surface area contributed by atoms with Gasteiger partial charge in [0, 0.05) is 6.54 Å². The van der Waals surface area contributed by atoms with Crippen molar-refractivity contribution in [1.82, 2.24) is 21.3 Å². The third kappa shape index (κ3) is 8.52. The number of hydrogen-bond donors (Lipinski definition) is 9. The van der Waals surface area contributed by atoms with Crippen LogP contribution in [0.25, 0.3) is 0 Å². The summed E-state index contributed by atoms with van der Waals surface area (Å²) < 4.78 is 39.2. The van der Waals surface area contributed by atoms with Crippen molar-refractivity contribution in [2.45, 2.75) is 113 Å². The number of nitrogens with one attached hydrogen (secondary N) is 4. The first kappa shape index (κ1) is 35.7. The molecule has 2 rings (SSSR count).